The van der Waals surface area contributed by atoms with Gasteiger partial charge in [0.2, 0.25) is 5.91 Å². The molecule has 1 heterocycles. The molecule has 3 rings (SSSR count). The minimum atomic E-state index is -0.799. The Bertz CT molecular complexity index is 869. The molecule has 2 N–H and O–H groups in total. The molecular formula is C22H24N2O5. The van der Waals surface area contributed by atoms with Gasteiger partial charge in [0.1, 0.15) is 5.75 Å². The van der Waals surface area contributed by atoms with Crippen molar-refractivity contribution in [3.63, 3.8) is 0 Å². The molecule has 0 bridgehead atoms. The smallest absolute Gasteiger partial charge is 0.306 e. The predicted octanol–water partition coefficient (Wildman–Crippen LogP) is 2.81. The third-order valence-electron chi connectivity index (χ3n) is 5.07. The summed E-state index contributed by atoms with van der Waals surface area (Å²) in [5.74, 6) is -0.703. The number of likely N-dealkylation sites (tertiary alicyclic amines) is 1. The number of methoxy groups -OCH3 is 1. The van der Waals surface area contributed by atoms with Crippen molar-refractivity contribution in [3.8, 4) is 5.75 Å². The van der Waals surface area contributed by atoms with E-state index in [0.717, 1.165) is 11.3 Å². The second-order valence-corrected chi connectivity index (χ2v) is 7.06. The Hall–Kier alpha value is -3.35. The fourth-order valence-electron chi connectivity index (χ4n) is 3.34. The summed E-state index contributed by atoms with van der Waals surface area (Å²) in [7, 11) is 1.59. The topological polar surface area (TPSA) is 95.9 Å². The minimum Gasteiger partial charge on any atom is -0.497 e. The van der Waals surface area contributed by atoms with Crippen molar-refractivity contribution in [1.29, 1.82) is 0 Å². The first-order chi connectivity index (χ1) is 14.0. The Morgan fingerprint density at radius 3 is 2.21 bits per heavy atom. The maximum absolute atomic E-state index is 12.6. The summed E-state index contributed by atoms with van der Waals surface area (Å²) in [6.07, 6.45) is 1.18. The van der Waals surface area contributed by atoms with E-state index in [1.807, 2.05) is 24.3 Å². The summed E-state index contributed by atoms with van der Waals surface area (Å²) in [6, 6.07) is 14.0. The molecule has 0 radical (unpaired) electrons. The van der Waals surface area contributed by atoms with Crippen LogP contribution in [-0.2, 0) is 16.0 Å². The molecule has 2 amide bonds. The van der Waals surface area contributed by atoms with Crippen LogP contribution in [0.15, 0.2) is 48.5 Å². The van der Waals surface area contributed by atoms with Crippen LogP contribution in [-0.4, -0.2) is 48.0 Å². The molecule has 0 saturated carbocycles. The summed E-state index contributed by atoms with van der Waals surface area (Å²) in [4.78, 5) is 37.5. The average Bonchev–Trinajstić information content (AvgIpc) is 2.74. The van der Waals surface area contributed by atoms with Gasteiger partial charge >= 0.3 is 5.97 Å². The Balaban J connectivity index is 1.53. The molecule has 7 nitrogen and oxygen atoms in total. The lowest BCUT2D eigenvalue weighted by atomic mass is 9.96. The van der Waals surface area contributed by atoms with E-state index in [9.17, 15) is 14.4 Å². The number of hydrogen-bond acceptors (Lipinski definition) is 4. The molecule has 0 aliphatic carbocycles. The highest BCUT2D eigenvalue weighted by atomic mass is 16.5. The molecule has 0 atom stereocenters. The molecule has 1 fully saturated rings. The first-order valence-corrected chi connectivity index (χ1v) is 9.51. The van der Waals surface area contributed by atoms with Gasteiger partial charge in [-0.25, -0.2) is 0 Å². The molecule has 1 aliphatic rings. The standard InChI is InChI=1S/C22H24N2O5/c1-29-19-8-2-15(3-9-19)14-20(25)23-18-6-4-16(5-7-18)21(26)24-12-10-17(11-13-24)22(27)28/h2-9,17H,10-14H2,1H3,(H,23,25)(H,27,28). The number of hydrogen-bond donors (Lipinski definition) is 2. The summed E-state index contributed by atoms with van der Waals surface area (Å²) in [6.45, 7) is 0.881. The van der Waals surface area contributed by atoms with Crippen LogP contribution in [0.3, 0.4) is 0 Å². The molecular weight excluding hydrogens is 372 g/mol. The first-order valence-electron chi connectivity index (χ1n) is 9.51. The fraction of sp³-hybridized carbons (Fsp3) is 0.318. The number of carbonyl (C=O) groups excluding carboxylic acids is 2. The van der Waals surface area contributed by atoms with Crippen LogP contribution >= 0.6 is 0 Å². The number of nitrogens with zero attached hydrogens (tertiary/aromatic N) is 1. The van der Waals surface area contributed by atoms with Crippen molar-refractivity contribution in [2.45, 2.75) is 19.3 Å². The normalized spacial score (nSPS) is 14.3. The molecule has 1 aliphatic heterocycles. The number of nitrogens with one attached hydrogen (secondary N) is 1. The number of carboxylic acids is 1. The van der Waals surface area contributed by atoms with Gasteiger partial charge in [-0.15, -0.1) is 0 Å². The number of anilines is 1. The van der Waals surface area contributed by atoms with E-state index >= 15 is 0 Å². The van der Waals surface area contributed by atoms with E-state index < -0.39 is 5.97 Å². The molecule has 2 aromatic carbocycles. The van der Waals surface area contributed by atoms with Crippen LogP contribution in [0, 0.1) is 5.92 Å². The van der Waals surface area contributed by atoms with Crippen LogP contribution in [0.4, 0.5) is 5.69 Å². The van der Waals surface area contributed by atoms with Gasteiger partial charge in [-0.05, 0) is 54.8 Å². The highest BCUT2D eigenvalue weighted by molar-refractivity contribution is 5.96. The molecule has 0 aromatic heterocycles. The lowest BCUT2D eigenvalue weighted by Gasteiger charge is -2.30. The van der Waals surface area contributed by atoms with E-state index in [4.69, 9.17) is 9.84 Å². The second-order valence-electron chi connectivity index (χ2n) is 7.06. The van der Waals surface area contributed by atoms with E-state index in [-0.39, 0.29) is 24.2 Å². The summed E-state index contributed by atoms with van der Waals surface area (Å²) >= 11 is 0. The Labute approximate surface area is 169 Å². The molecule has 7 heteroatoms. The van der Waals surface area contributed by atoms with Crippen LogP contribution < -0.4 is 10.1 Å². The largest absolute Gasteiger partial charge is 0.497 e. The number of rotatable bonds is 6. The molecule has 29 heavy (non-hydrogen) atoms. The first kappa shape index (κ1) is 20.4. The predicted molar refractivity (Wildman–Crippen MR) is 108 cm³/mol. The number of benzene rings is 2. The zero-order valence-corrected chi connectivity index (χ0v) is 16.3. The number of amides is 2. The van der Waals surface area contributed by atoms with Crippen molar-refractivity contribution in [1.82, 2.24) is 4.90 Å². The van der Waals surface area contributed by atoms with E-state index in [1.54, 1.807) is 36.3 Å². The number of ether oxygens (including phenoxy) is 1. The van der Waals surface area contributed by atoms with Gasteiger partial charge in [0.15, 0.2) is 0 Å². The van der Waals surface area contributed by atoms with Crippen molar-refractivity contribution < 1.29 is 24.2 Å². The maximum atomic E-state index is 12.6. The monoisotopic (exact) mass is 396 g/mol. The quantitative estimate of drug-likeness (QED) is 0.783. The fourth-order valence-corrected chi connectivity index (χ4v) is 3.34. The van der Waals surface area contributed by atoms with Gasteiger partial charge in [0.25, 0.3) is 5.91 Å². The van der Waals surface area contributed by atoms with Gasteiger partial charge in [0, 0.05) is 24.3 Å². The number of piperidine rings is 1. The van der Waals surface area contributed by atoms with Crippen molar-refractivity contribution >= 4 is 23.5 Å². The number of aliphatic carboxylic acids is 1. The van der Waals surface area contributed by atoms with Crippen LogP contribution in [0.25, 0.3) is 0 Å². The average molecular weight is 396 g/mol. The molecule has 2 aromatic rings. The zero-order chi connectivity index (χ0) is 20.8. The lowest BCUT2D eigenvalue weighted by molar-refractivity contribution is -0.143. The Morgan fingerprint density at radius 2 is 1.66 bits per heavy atom. The molecule has 0 spiro atoms. The number of carbonyl (C=O) groups is 3. The Morgan fingerprint density at radius 1 is 1.03 bits per heavy atom. The van der Waals surface area contributed by atoms with Crippen LogP contribution in [0.5, 0.6) is 5.75 Å². The summed E-state index contributed by atoms with van der Waals surface area (Å²) in [5.41, 5.74) is 2.01. The van der Waals surface area contributed by atoms with Gasteiger partial charge < -0.3 is 20.1 Å². The summed E-state index contributed by atoms with van der Waals surface area (Å²) in [5, 5.41) is 11.9. The van der Waals surface area contributed by atoms with Crippen molar-refractivity contribution in [3.05, 3.63) is 59.7 Å². The molecule has 152 valence electrons. The molecule has 0 unspecified atom stereocenters. The minimum absolute atomic E-state index is 0.120. The summed E-state index contributed by atoms with van der Waals surface area (Å²) < 4.78 is 5.10. The highest BCUT2D eigenvalue weighted by Crippen LogP contribution is 2.20. The second kappa shape index (κ2) is 9.23. The van der Waals surface area contributed by atoms with Gasteiger partial charge in [-0.2, -0.15) is 0 Å². The number of carboxylic acid groups (broad SMARTS) is 1. The van der Waals surface area contributed by atoms with Gasteiger partial charge in [-0.3, -0.25) is 14.4 Å². The highest BCUT2D eigenvalue weighted by Gasteiger charge is 2.27. The SMILES string of the molecule is COc1ccc(CC(=O)Nc2ccc(C(=O)N3CCC(C(=O)O)CC3)cc2)cc1. The van der Waals surface area contributed by atoms with Gasteiger partial charge in [0.05, 0.1) is 19.4 Å². The van der Waals surface area contributed by atoms with Crippen LogP contribution in [0.1, 0.15) is 28.8 Å². The maximum Gasteiger partial charge on any atom is 0.306 e. The Kier molecular flexibility index (Phi) is 6.49. The van der Waals surface area contributed by atoms with Crippen molar-refractivity contribution in [2.75, 3.05) is 25.5 Å². The van der Waals surface area contributed by atoms with Crippen molar-refractivity contribution in [2.24, 2.45) is 5.92 Å². The van der Waals surface area contributed by atoms with E-state index in [2.05, 4.69) is 5.32 Å². The lowest BCUT2D eigenvalue weighted by Crippen LogP contribution is -2.40. The molecule has 1 saturated heterocycles. The van der Waals surface area contributed by atoms with Gasteiger partial charge in [-0.1, -0.05) is 12.1 Å². The van der Waals surface area contributed by atoms with E-state index in [1.165, 1.54) is 0 Å². The van der Waals surface area contributed by atoms with Crippen LogP contribution in [0.2, 0.25) is 0 Å². The third kappa shape index (κ3) is 5.34. The zero-order valence-electron chi connectivity index (χ0n) is 16.3. The van der Waals surface area contributed by atoms with E-state index in [0.29, 0.717) is 37.2 Å². The third-order valence-corrected chi connectivity index (χ3v) is 5.07.